The zero-order valence-electron chi connectivity index (χ0n) is 25.8. The van der Waals surface area contributed by atoms with Crippen LogP contribution in [0, 0.1) is 5.92 Å². The van der Waals surface area contributed by atoms with E-state index in [1.807, 2.05) is 60.7 Å². The number of anilines is 2. The molecule has 0 bridgehead atoms. The summed E-state index contributed by atoms with van der Waals surface area (Å²) in [4.78, 5) is 31.5. The zero-order chi connectivity index (χ0) is 30.8. The van der Waals surface area contributed by atoms with Gasteiger partial charge in [-0.25, -0.2) is 0 Å². The highest BCUT2D eigenvalue weighted by Gasteiger charge is 2.24. The molecule has 7 nitrogen and oxygen atoms in total. The molecule has 0 spiro atoms. The topological polar surface area (TPSA) is 73.9 Å². The predicted molar refractivity (Wildman–Crippen MR) is 181 cm³/mol. The van der Waals surface area contributed by atoms with E-state index in [4.69, 9.17) is 4.74 Å². The van der Waals surface area contributed by atoms with Gasteiger partial charge in [0.1, 0.15) is 0 Å². The van der Waals surface area contributed by atoms with Gasteiger partial charge in [-0.3, -0.25) is 14.5 Å². The lowest BCUT2D eigenvalue weighted by atomic mass is 9.89. The minimum absolute atomic E-state index is 0.118. The highest BCUT2D eigenvalue weighted by Crippen LogP contribution is 2.30. The smallest absolute Gasteiger partial charge is 0.255 e. The second-order valence-electron chi connectivity index (χ2n) is 12.0. The van der Waals surface area contributed by atoms with Crippen LogP contribution in [0.3, 0.4) is 0 Å². The molecule has 2 saturated heterocycles. The van der Waals surface area contributed by atoms with E-state index in [2.05, 4.69) is 62.9 Å². The van der Waals surface area contributed by atoms with Crippen LogP contribution in [0.2, 0.25) is 0 Å². The molecule has 2 aliphatic heterocycles. The lowest BCUT2D eigenvalue weighted by Gasteiger charge is -2.35. The van der Waals surface area contributed by atoms with Crippen molar-refractivity contribution in [2.24, 2.45) is 5.92 Å². The van der Waals surface area contributed by atoms with Crippen molar-refractivity contribution in [3.8, 4) is 11.1 Å². The van der Waals surface area contributed by atoms with Crippen molar-refractivity contribution >= 4 is 23.2 Å². The van der Waals surface area contributed by atoms with Gasteiger partial charge in [-0.2, -0.15) is 0 Å². The molecule has 0 aromatic heterocycles. The number of amides is 2. The van der Waals surface area contributed by atoms with Gasteiger partial charge in [0, 0.05) is 56.2 Å². The van der Waals surface area contributed by atoms with E-state index in [1.165, 1.54) is 5.56 Å². The fourth-order valence-electron chi connectivity index (χ4n) is 6.29. The van der Waals surface area contributed by atoms with E-state index in [1.54, 1.807) is 0 Å². The maximum atomic E-state index is 13.6. The van der Waals surface area contributed by atoms with Crippen LogP contribution in [0.25, 0.3) is 11.1 Å². The molecule has 2 fully saturated rings. The molecule has 0 atom stereocenters. The van der Waals surface area contributed by atoms with Gasteiger partial charge in [0.25, 0.3) is 11.8 Å². The van der Waals surface area contributed by atoms with Crippen molar-refractivity contribution in [3.63, 3.8) is 0 Å². The van der Waals surface area contributed by atoms with Crippen LogP contribution >= 0.6 is 0 Å². The fourth-order valence-corrected chi connectivity index (χ4v) is 6.29. The SMILES string of the molecule is O=C(Nc1ccc(N2CCC(Cc3ccccc3)CC2)c(C(=O)NCCN2CCOCC2)c1)c1ccc(-c2ccccc2)cc1. The van der Waals surface area contributed by atoms with Crippen molar-refractivity contribution in [1.82, 2.24) is 10.2 Å². The molecule has 4 aromatic carbocycles. The van der Waals surface area contributed by atoms with E-state index >= 15 is 0 Å². The molecule has 2 amide bonds. The van der Waals surface area contributed by atoms with Crippen LogP contribution < -0.4 is 15.5 Å². The number of hydrogen-bond acceptors (Lipinski definition) is 5. The van der Waals surface area contributed by atoms with Gasteiger partial charge >= 0.3 is 0 Å². The molecule has 7 heteroatoms. The minimum atomic E-state index is -0.206. The first-order chi connectivity index (χ1) is 22.1. The second-order valence-corrected chi connectivity index (χ2v) is 12.0. The lowest BCUT2D eigenvalue weighted by Crippen LogP contribution is -2.41. The Morgan fingerprint density at radius 2 is 1.40 bits per heavy atom. The standard InChI is InChI=1S/C38H42N4O3/c43-37(33-13-11-32(12-14-33)31-9-5-2-6-10-31)40-34-15-16-36(35(28-34)38(44)39-19-22-41-23-25-45-26-24-41)42-20-17-30(18-21-42)27-29-7-3-1-4-8-29/h1-16,28,30H,17-27H2,(H,39,44)(H,40,43). The molecule has 4 aromatic rings. The van der Waals surface area contributed by atoms with Crippen LogP contribution in [0.1, 0.15) is 39.1 Å². The van der Waals surface area contributed by atoms with E-state index in [0.717, 1.165) is 82.0 Å². The number of piperidine rings is 1. The molecular weight excluding hydrogens is 560 g/mol. The summed E-state index contributed by atoms with van der Waals surface area (Å²) in [6, 6.07) is 34.1. The molecule has 6 rings (SSSR count). The molecule has 0 unspecified atom stereocenters. The summed E-state index contributed by atoms with van der Waals surface area (Å²) in [6.07, 6.45) is 3.23. The number of benzene rings is 4. The molecule has 2 aliphatic rings. The highest BCUT2D eigenvalue weighted by atomic mass is 16.5. The van der Waals surface area contributed by atoms with Crippen molar-refractivity contribution < 1.29 is 14.3 Å². The quantitative estimate of drug-likeness (QED) is 0.229. The van der Waals surface area contributed by atoms with Crippen LogP contribution in [0.5, 0.6) is 0 Å². The lowest BCUT2D eigenvalue weighted by molar-refractivity contribution is 0.0383. The number of hydrogen-bond donors (Lipinski definition) is 2. The van der Waals surface area contributed by atoms with E-state index in [-0.39, 0.29) is 11.8 Å². The molecule has 2 heterocycles. The Labute approximate surface area is 266 Å². The van der Waals surface area contributed by atoms with Crippen LogP contribution in [0.15, 0.2) is 103 Å². The Bertz CT molecular complexity index is 1550. The van der Waals surface area contributed by atoms with Gasteiger partial charge in [-0.1, -0.05) is 72.8 Å². The number of rotatable bonds is 10. The Balaban J connectivity index is 1.14. The summed E-state index contributed by atoms with van der Waals surface area (Å²) in [5.41, 5.74) is 6.22. The van der Waals surface area contributed by atoms with Crippen LogP contribution in [0.4, 0.5) is 11.4 Å². The largest absolute Gasteiger partial charge is 0.379 e. The summed E-state index contributed by atoms with van der Waals surface area (Å²) in [5, 5.41) is 6.17. The van der Waals surface area contributed by atoms with Crippen LogP contribution in [-0.2, 0) is 11.2 Å². The first-order valence-corrected chi connectivity index (χ1v) is 16.1. The number of ether oxygens (including phenoxy) is 1. The summed E-state index contributed by atoms with van der Waals surface area (Å²) in [6.45, 7) is 6.35. The monoisotopic (exact) mass is 602 g/mol. The number of carbonyl (C=O) groups is 2. The average molecular weight is 603 g/mol. The highest BCUT2D eigenvalue weighted by molar-refractivity contribution is 6.06. The summed E-state index contributed by atoms with van der Waals surface area (Å²) < 4.78 is 5.45. The molecule has 45 heavy (non-hydrogen) atoms. The zero-order valence-corrected chi connectivity index (χ0v) is 25.8. The Morgan fingerprint density at radius 3 is 2.11 bits per heavy atom. The molecule has 232 valence electrons. The Morgan fingerprint density at radius 1 is 0.733 bits per heavy atom. The second kappa shape index (κ2) is 15.0. The molecule has 0 saturated carbocycles. The van der Waals surface area contributed by atoms with Gasteiger partial charge in [0.2, 0.25) is 0 Å². The maximum absolute atomic E-state index is 13.6. The fraction of sp³-hybridized carbons (Fsp3) is 0.316. The molecular formula is C38H42N4O3. The molecule has 0 radical (unpaired) electrons. The van der Waals surface area contributed by atoms with Gasteiger partial charge in [0.15, 0.2) is 0 Å². The van der Waals surface area contributed by atoms with E-state index in [0.29, 0.717) is 29.3 Å². The Hall–Kier alpha value is -4.46. The normalized spacial score (nSPS) is 15.9. The van der Waals surface area contributed by atoms with Crippen molar-refractivity contribution in [2.45, 2.75) is 19.3 Å². The minimum Gasteiger partial charge on any atom is -0.379 e. The third-order valence-corrected chi connectivity index (χ3v) is 8.89. The predicted octanol–water partition coefficient (Wildman–Crippen LogP) is 6.13. The number of nitrogens with one attached hydrogen (secondary N) is 2. The summed E-state index contributed by atoms with van der Waals surface area (Å²) in [7, 11) is 0. The summed E-state index contributed by atoms with van der Waals surface area (Å²) in [5.74, 6) is 0.303. The molecule has 2 N–H and O–H groups in total. The van der Waals surface area contributed by atoms with Gasteiger partial charge < -0.3 is 20.3 Å². The van der Waals surface area contributed by atoms with Gasteiger partial charge in [-0.05, 0) is 72.2 Å². The van der Waals surface area contributed by atoms with Crippen molar-refractivity contribution in [1.29, 1.82) is 0 Å². The third-order valence-electron chi connectivity index (χ3n) is 8.89. The number of nitrogens with zero attached hydrogens (tertiary/aromatic N) is 2. The first kappa shape index (κ1) is 30.6. The van der Waals surface area contributed by atoms with Crippen LogP contribution in [-0.4, -0.2) is 69.2 Å². The number of morpholine rings is 1. The van der Waals surface area contributed by atoms with Crippen molar-refractivity contribution in [3.05, 3.63) is 120 Å². The van der Waals surface area contributed by atoms with Crippen molar-refractivity contribution in [2.75, 3.05) is 62.7 Å². The third kappa shape index (κ3) is 8.18. The van der Waals surface area contributed by atoms with E-state index < -0.39 is 0 Å². The first-order valence-electron chi connectivity index (χ1n) is 16.1. The number of carbonyl (C=O) groups excluding carboxylic acids is 2. The Kier molecular flexibility index (Phi) is 10.2. The van der Waals surface area contributed by atoms with Gasteiger partial charge in [-0.15, -0.1) is 0 Å². The molecule has 0 aliphatic carbocycles. The average Bonchev–Trinajstić information content (AvgIpc) is 3.10. The maximum Gasteiger partial charge on any atom is 0.255 e. The van der Waals surface area contributed by atoms with E-state index in [9.17, 15) is 9.59 Å². The van der Waals surface area contributed by atoms with Gasteiger partial charge in [0.05, 0.1) is 18.8 Å². The summed E-state index contributed by atoms with van der Waals surface area (Å²) >= 11 is 0.